The fourth-order valence-corrected chi connectivity index (χ4v) is 2.86. The maximum atomic E-state index is 12.3. The highest BCUT2D eigenvalue weighted by molar-refractivity contribution is 5.94. The number of benzene rings is 1. The first-order valence-electron chi connectivity index (χ1n) is 8.75. The zero-order valence-electron chi connectivity index (χ0n) is 15.5. The van der Waals surface area contributed by atoms with Crippen LogP contribution in [0.3, 0.4) is 0 Å². The lowest BCUT2D eigenvalue weighted by Gasteiger charge is -2.11. The molecule has 0 fully saturated rings. The van der Waals surface area contributed by atoms with Gasteiger partial charge in [0, 0.05) is 42.8 Å². The molecule has 7 nitrogen and oxygen atoms in total. The first kappa shape index (κ1) is 18.4. The van der Waals surface area contributed by atoms with Crippen LogP contribution in [0.25, 0.3) is 11.3 Å². The van der Waals surface area contributed by atoms with E-state index in [9.17, 15) is 4.79 Å². The van der Waals surface area contributed by atoms with Crippen LogP contribution in [0, 0.1) is 6.92 Å². The molecule has 7 heteroatoms. The summed E-state index contributed by atoms with van der Waals surface area (Å²) in [7, 11) is 1.56. The zero-order valence-corrected chi connectivity index (χ0v) is 15.5. The molecule has 3 rings (SSSR count). The van der Waals surface area contributed by atoms with Crippen molar-refractivity contribution in [2.45, 2.75) is 19.9 Å². The predicted molar refractivity (Wildman–Crippen MR) is 105 cm³/mol. The van der Waals surface area contributed by atoms with Gasteiger partial charge in [-0.3, -0.25) is 9.78 Å². The number of aromatic nitrogens is 3. The van der Waals surface area contributed by atoms with Crippen molar-refractivity contribution in [2.24, 2.45) is 0 Å². The number of ether oxygens (including phenoxy) is 1. The van der Waals surface area contributed by atoms with Crippen LogP contribution in [0.2, 0.25) is 0 Å². The van der Waals surface area contributed by atoms with Crippen molar-refractivity contribution in [1.29, 1.82) is 0 Å². The molecule has 3 N–H and O–H groups in total. The highest BCUT2D eigenvalue weighted by Gasteiger charge is 2.12. The number of nitrogens with one attached hydrogen (secondary N) is 1. The Kier molecular flexibility index (Phi) is 5.71. The highest BCUT2D eigenvalue weighted by atomic mass is 16.5. The first-order valence-corrected chi connectivity index (χ1v) is 8.75. The molecule has 2 aromatic heterocycles. The summed E-state index contributed by atoms with van der Waals surface area (Å²) in [4.78, 5) is 20.8. The number of imidazole rings is 1. The summed E-state index contributed by atoms with van der Waals surface area (Å²) in [5.74, 6) is 1.41. The minimum absolute atomic E-state index is 0.101. The van der Waals surface area contributed by atoms with Gasteiger partial charge in [-0.15, -0.1) is 0 Å². The maximum Gasteiger partial charge on any atom is 0.251 e. The van der Waals surface area contributed by atoms with Crippen molar-refractivity contribution >= 4 is 11.6 Å². The normalized spacial score (nSPS) is 10.6. The third-order valence-electron chi connectivity index (χ3n) is 4.34. The molecule has 0 saturated carbocycles. The summed E-state index contributed by atoms with van der Waals surface area (Å²) >= 11 is 0. The number of aryl methyl sites for hydroxylation is 2. The minimum Gasteiger partial charge on any atom is -0.492 e. The van der Waals surface area contributed by atoms with Crippen molar-refractivity contribution in [3.05, 3.63) is 60.3 Å². The second-order valence-electron chi connectivity index (χ2n) is 6.14. The van der Waals surface area contributed by atoms with E-state index in [0.717, 1.165) is 24.4 Å². The Hall–Kier alpha value is -3.35. The maximum absolute atomic E-state index is 12.3. The SMILES string of the molecule is COc1c(N)ccnc1-c1ccc(C(=O)NCCCn2ccnc2C)cc1. The third kappa shape index (κ3) is 4.25. The fraction of sp³-hybridized carbons (Fsp3) is 0.250. The largest absolute Gasteiger partial charge is 0.492 e. The van der Waals surface area contributed by atoms with Crippen molar-refractivity contribution in [2.75, 3.05) is 19.4 Å². The van der Waals surface area contributed by atoms with E-state index >= 15 is 0 Å². The van der Waals surface area contributed by atoms with E-state index in [2.05, 4.69) is 19.9 Å². The number of rotatable bonds is 7. The molecule has 0 saturated heterocycles. The Morgan fingerprint density at radius 3 is 2.63 bits per heavy atom. The summed E-state index contributed by atoms with van der Waals surface area (Å²) < 4.78 is 7.40. The number of nitrogens with two attached hydrogens (primary N) is 1. The summed E-state index contributed by atoms with van der Waals surface area (Å²) in [6.07, 6.45) is 6.19. The van der Waals surface area contributed by atoms with Crippen LogP contribution in [0.4, 0.5) is 5.69 Å². The average molecular weight is 365 g/mol. The molecular weight excluding hydrogens is 342 g/mol. The Balaban J connectivity index is 1.59. The van der Waals surface area contributed by atoms with E-state index in [1.165, 1.54) is 0 Å². The molecule has 1 amide bonds. The van der Waals surface area contributed by atoms with E-state index < -0.39 is 0 Å². The number of carbonyl (C=O) groups is 1. The summed E-state index contributed by atoms with van der Waals surface area (Å²) in [5.41, 5.74) is 8.54. The lowest BCUT2D eigenvalue weighted by atomic mass is 10.1. The molecule has 1 aromatic carbocycles. The molecule has 27 heavy (non-hydrogen) atoms. The molecule has 0 aliphatic heterocycles. The van der Waals surface area contributed by atoms with Gasteiger partial charge in [0.15, 0.2) is 5.75 Å². The average Bonchev–Trinajstić information content (AvgIpc) is 3.10. The van der Waals surface area contributed by atoms with Gasteiger partial charge < -0.3 is 20.4 Å². The molecule has 0 spiro atoms. The molecule has 0 aliphatic carbocycles. The molecule has 0 atom stereocenters. The molecule has 140 valence electrons. The van der Waals surface area contributed by atoms with Crippen molar-refractivity contribution in [3.8, 4) is 17.0 Å². The molecule has 3 aromatic rings. The van der Waals surface area contributed by atoms with Crippen molar-refractivity contribution < 1.29 is 9.53 Å². The number of pyridine rings is 1. The number of carbonyl (C=O) groups excluding carboxylic acids is 1. The van der Waals surface area contributed by atoms with Gasteiger partial charge in [0.25, 0.3) is 5.91 Å². The van der Waals surface area contributed by atoms with E-state index in [-0.39, 0.29) is 5.91 Å². The van der Waals surface area contributed by atoms with Crippen LogP contribution in [0.5, 0.6) is 5.75 Å². The summed E-state index contributed by atoms with van der Waals surface area (Å²) in [6.45, 7) is 3.39. The fourth-order valence-electron chi connectivity index (χ4n) is 2.86. The number of hydrogen-bond acceptors (Lipinski definition) is 5. The Labute approximate surface area is 158 Å². The van der Waals surface area contributed by atoms with Crippen LogP contribution >= 0.6 is 0 Å². The molecule has 0 bridgehead atoms. The molecule has 0 unspecified atom stereocenters. The van der Waals surface area contributed by atoms with Crippen LogP contribution in [0.15, 0.2) is 48.9 Å². The van der Waals surface area contributed by atoms with Gasteiger partial charge in [-0.25, -0.2) is 4.98 Å². The zero-order chi connectivity index (χ0) is 19.2. The number of amides is 1. The number of anilines is 1. The van der Waals surface area contributed by atoms with Gasteiger partial charge in [-0.1, -0.05) is 12.1 Å². The second-order valence-corrected chi connectivity index (χ2v) is 6.14. The van der Waals surface area contributed by atoms with Gasteiger partial charge in [-0.05, 0) is 31.5 Å². The van der Waals surface area contributed by atoms with E-state index in [1.54, 1.807) is 37.7 Å². The molecule has 2 heterocycles. The van der Waals surface area contributed by atoms with Crippen LogP contribution in [-0.4, -0.2) is 34.1 Å². The number of hydrogen-bond donors (Lipinski definition) is 2. The minimum atomic E-state index is -0.101. The Morgan fingerprint density at radius 1 is 1.19 bits per heavy atom. The van der Waals surface area contributed by atoms with Crippen LogP contribution < -0.4 is 15.8 Å². The van der Waals surface area contributed by atoms with Crippen molar-refractivity contribution in [1.82, 2.24) is 19.9 Å². The standard InChI is InChI=1S/C20H23N5O2/c1-14-22-11-13-25(14)12-3-9-24-20(26)16-6-4-15(5-7-16)18-19(27-2)17(21)8-10-23-18/h4-8,10-11,13H,3,9,12H2,1-2H3,(H2,21,23)(H,24,26). The van der Waals surface area contributed by atoms with E-state index in [4.69, 9.17) is 10.5 Å². The van der Waals surface area contributed by atoms with Crippen LogP contribution in [0.1, 0.15) is 22.6 Å². The van der Waals surface area contributed by atoms with Gasteiger partial charge in [-0.2, -0.15) is 0 Å². The van der Waals surface area contributed by atoms with Gasteiger partial charge >= 0.3 is 0 Å². The lowest BCUT2D eigenvalue weighted by Crippen LogP contribution is -2.25. The number of nitrogens with zero attached hydrogens (tertiary/aromatic N) is 3. The number of methoxy groups -OCH3 is 1. The van der Waals surface area contributed by atoms with E-state index in [1.807, 2.05) is 25.3 Å². The number of nitrogen functional groups attached to an aromatic ring is 1. The summed E-state index contributed by atoms with van der Waals surface area (Å²) in [6, 6.07) is 8.92. The second kappa shape index (κ2) is 8.35. The van der Waals surface area contributed by atoms with Crippen LogP contribution in [-0.2, 0) is 6.54 Å². The monoisotopic (exact) mass is 365 g/mol. The third-order valence-corrected chi connectivity index (χ3v) is 4.34. The lowest BCUT2D eigenvalue weighted by molar-refractivity contribution is 0.0952. The smallest absolute Gasteiger partial charge is 0.251 e. The highest BCUT2D eigenvalue weighted by Crippen LogP contribution is 2.32. The van der Waals surface area contributed by atoms with Gasteiger partial charge in [0.2, 0.25) is 0 Å². The molecule has 0 aliphatic rings. The molecule has 0 radical (unpaired) electrons. The van der Waals surface area contributed by atoms with Gasteiger partial charge in [0.1, 0.15) is 11.5 Å². The topological polar surface area (TPSA) is 95.1 Å². The Bertz CT molecular complexity index is 918. The summed E-state index contributed by atoms with van der Waals surface area (Å²) in [5, 5.41) is 2.94. The first-order chi connectivity index (χ1) is 13.1. The quantitative estimate of drug-likeness (QED) is 0.628. The Morgan fingerprint density at radius 2 is 1.96 bits per heavy atom. The molecular formula is C20H23N5O2. The van der Waals surface area contributed by atoms with Crippen molar-refractivity contribution in [3.63, 3.8) is 0 Å². The predicted octanol–water partition coefficient (Wildman–Crippen LogP) is 2.66. The van der Waals surface area contributed by atoms with Gasteiger partial charge in [0.05, 0.1) is 12.8 Å². The van der Waals surface area contributed by atoms with E-state index in [0.29, 0.717) is 29.2 Å².